The highest BCUT2D eigenvalue weighted by atomic mass is 19.1. The van der Waals surface area contributed by atoms with Crippen molar-refractivity contribution in [2.75, 3.05) is 19.8 Å². The molecule has 1 saturated heterocycles. The largest absolute Gasteiger partial charge is 0.508 e. The molecular formula is C19H28FNO. The molecule has 0 saturated carbocycles. The summed E-state index contributed by atoms with van der Waals surface area (Å²) in [5.41, 5.74) is 2.93. The number of rotatable bonds is 5. The van der Waals surface area contributed by atoms with E-state index in [1.54, 1.807) is 0 Å². The van der Waals surface area contributed by atoms with E-state index in [0.29, 0.717) is 24.1 Å². The van der Waals surface area contributed by atoms with Gasteiger partial charge < -0.3 is 5.11 Å². The minimum absolute atomic E-state index is 0.173. The Labute approximate surface area is 133 Å². The lowest BCUT2D eigenvalue weighted by atomic mass is 9.59. The molecule has 0 aromatic heterocycles. The van der Waals surface area contributed by atoms with E-state index in [4.69, 9.17) is 0 Å². The van der Waals surface area contributed by atoms with Gasteiger partial charge in [-0.05, 0) is 79.8 Å². The zero-order chi connectivity index (χ0) is 15.7. The summed E-state index contributed by atoms with van der Waals surface area (Å²) in [5.74, 6) is 0.982. The van der Waals surface area contributed by atoms with E-state index < -0.39 is 0 Å². The van der Waals surface area contributed by atoms with Gasteiger partial charge in [-0.2, -0.15) is 0 Å². The molecule has 2 nitrogen and oxygen atoms in total. The van der Waals surface area contributed by atoms with Crippen molar-refractivity contribution in [3.05, 3.63) is 29.3 Å². The third kappa shape index (κ3) is 2.64. The monoisotopic (exact) mass is 305 g/mol. The Kier molecular flexibility index (Phi) is 4.44. The van der Waals surface area contributed by atoms with E-state index in [0.717, 1.165) is 38.8 Å². The summed E-state index contributed by atoms with van der Waals surface area (Å²) >= 11 is 0. The van der Waals surface area contributed by atoms with Gasteiger partial charge in [0.25, 0.3) is 0 Å². The smallest absolute Gasteiger partial charge is 0.115 e. The first-order valence-electron chi connectivity index (χ1n) is 8.68. The van der Waals surface area contributed by atoms with Gasteiger partial charge in [0.15, 0.2) is 0 Å². The number of benzene rings is 1. The van der Waals surface area contributed by atoms with Crippen LogP contribution in [0.3, 0.4) is 0 Å². The fourth-order valence-electron chi connectivity index (χ4n) is 4.56. The number of unbranched alkanes of at least 4 members (excludes halogenated alkanes) is 2. The number of phenols is 1. The summed E-state index contributed by atoms with van der Waals surface area (Å²) in [7, 11) is 0. The third-order valence-corrected chi connectivity index (χ3v) is 6.19. The number of halogens is 1. The Hall–Kier alpha value is -1.09. The number of nitrogens with zero attached hydrogens (tertiary/aromatic N) is 1. The van der Waals surface area contributed by atoms with Crippen molar-refractivity contribution in [1.82, 2.24) is 4.90 Å². The summed E-state index contributed by atoms with van der Waals surface area (Å²) in [5, 5.41) is 9.86. The predicted molar refractivity (Wildman–Crippen MR) is 88.1 cm³/mol. The predicted octanol–water partition coefficient (Wildman–Crippen LogP) is 4.06. The lowest BCUT2D eigenvalue weighted by Crippen LogP contribution is -2.58. The van der Waals surface area contributed by atoms with E-state index in [1.165, 1.54) is 11.1 Å². The maximum absolute atomic E-state index is 12.2. The van der Waals surface area contributed by atoms with Crippen molar-refractivity contribution in [2.24, 2.45) is 5.92 Å². The van der Waals surface area contributed by atoms with Crippen LogP contribution in [-0.4, -0.2) is 35.8 Å². The second kappa shape index (κ2) is 6.19. The highest BCUT2D eigenvalue weighted by Gasteiger charge is 2.48. The molecule has 22 heavy (non-hydrogen) atoms. The number of hydrogen-bond acceptors (Lipinski definition) is 2. The standard InChI is InChI=1S/C19H28FNO/c1-14-18-12-15-6-7-16(22)13-17(15)19(14,2)8-11-21(18)10-5-3-4-9-20/h6-7,13-14,18,22H,3-5,8-12H2,1-2H3/t14-,18+,19+/m1/s1. The number of piperidine rings is 1. The molecule has 1 aromatic carbocycles. The van der Waals surface area contributed by atoms with Crippen molar-refractivity contribution >= 4 is 0 Å². The lowest BCUT2D eigenvalue weighted by Gasteiger charge is -2.54. The van der Waals surface area contributed by atoms with E-state index in [-0.39, 0.29) is 12.1 Å². The SMILES string of the molecule is C[C@@H]1[C@@H]2Cc3ccc(O)cc3[C@@]1(C)CCN2CCCCCF. The molecule has 1 aliphatic heterocycles. The van der Waals surface area contributed by atoms with Gasteiger partial charge in [0, 0.05) is 6.04 Å². The topological polar surface area (TPSA) is 23.5 Å². The summed E-state index contributed by atoms with van der Waals surface area (Å²) < 4.78 is 12.2. The first-order chi connectivity index (χ1) is 10.6. The van der Waals surface area contributed by atoms with Crippen LogP contribution in [0.4, 0.5) is 4.39 Å². The normalized spacial score (nSPS) is 31.0. The van der Waals surface area contributed by atoms with Gasteiger partial charge in [0.2, 0.25) is 0 Å². The molecule has 1 aromatic rings. The molecule has 3 atom stereocenters. The van der Waals surface area contributed by atoms with Gasteiger partial charge in [0.1, 0.15) is 5.75 Å². The van der Waals surface area contributed by atoms with E-state index in [2.05, 4.69) is 24.8 Å². The molecule has 2 aliphatic rings. The summed E-state index contributed by atoms with van der Waals surface area (Å²) in [6, 6.07) is 6.49. The van der Waals surface area contributed by atoms with Gasteiger partial charge in [-0.25, -0.2) is 0 Å². The Bertz CT molecular complexity index is 532. The molecule has 1 fully saturated rings. The zero-order valence-corrected chi connectivity index (χ0v) is 13.8. The molecule has 0 unspecified atom stereocenters. The van der Waals surface area contributed by atoms with Gasteiger partial charge >= 0.3 is 0 Å². The number of hydrogen-bond donors (Lipinski definition) is 1. The molecule has 0 spiro atoms. The van der Waals surface area contributed by atoms with E-state index in [1.807, 2.05) is 12.1 Å². The van der Waals surface area contributed by atoms with Crippen molar-refractivity contribution in [3.63, 3.8) is 0 Å². The molecule has 1 heterocycles. The molecule has 3 heteroatoms. The maximum atomic E-state index is 12.2. The number of aromatic hydroxyl groups is 1. The second-order valence-corrected chi connectivity index (χ2v) is 7.35. The van der Waals surface area contributed by atoms with Crippen LogP contribution in [0.2, 0.25) is 0 Å². The van der Waals surface area contributed by atoms with Crippen LogP contribution in [0.25, 0.3) is 0 Å². The van der Waals surface area contributed by atoms with Gasteiger partial charge in [-0.3, -0.25) is 9.29 Å². The van der Waals surface area contributed by atoms with Crippen LogP contribution >= 0.6 is 0 Å². The number of alkyl halides is 1. The Morgan fingerprint density at radius 3 is 2.91 bits per heavy atom. The van der Waals surface area contributed by atoms with Crippen LogP contribution in [0.15, 0.2) is 18.2 Å². The summed E-state index contributed by atoms with van der Waals surface area (Å²) in [6.07, 6.45) is 5.02. The van der Waals surface area contributed by atoms with Crippen LogP contribution in [-0.2, 0) is 11.8 Å². The molecule has 3 rings (SSSR count). The molecule has 122 valence electrons. The van der Waals surface area contributed by atoms with Gasteiger partial charge in [-0.15, -0.1) is 0 Å². The number of fused-ring (bicyclic) bond motifs is 4. The molecule has 2 bridgehead atoms. The van der Waals surface area contributed by atoms with Gasteiger partial charge in [-0.1, -0.05) is 19.9 Å². The first-order valence-corrected chi connectivity index (χ1v) is 8.68. The average molecular weight is 305 g/mol. The Morgan fingerprint density at radius 1 is 1.32 bits per heavy atom. The van der Waals surface area contributed by atoms with Crippen LogP contribution < -0.4 is 0 Å². The average Bonchev–Trinajstić information content (AvgIpc) is 2.50. The Morgan fingerprint density at radius 2 is 2.14 bits per heavy atom. The van der Waals surface area contributed by atoms with Crippen molar-refractivity contribution in [2.45, 2.75) is 57.4 Å². The van der Waals surface area contributed by atoms with Crippen molar-refractivity contribution in [1.29, 1.82) is 0 Å². The quantitative estimate of drug-likeness (QED) is 0.829. The van der Waals surface area contributed by atoms with Crippen LogP contribution in [0, 0.1) is 5.92 Å². The van der Waals surface area contributed by atoms with Crippen molar-refractivity contribution in [3.8, 4) is 5.75 Å². The van der Waals surface area contributed by atoms with E-state index >= 15 is 0 Å². The number of likely N-dealkylation sites (tertiary alicyclic amines) is 1. The maximum Gasteiger partial charge on any atom is 0.115 e. The first kappa shape index (κ1) is 15.8. The minimum Gasteiger partial charge on any atom is -0.508 e. The summed E-state index contributed by atoms with van der Waals surface area (Å²) in [6.45, 7) is 6.76. The molecule has 0 amide bonds. The third-order valence-electron chi connectivity index (χ3n) is 6.19. The van der Waals surface area contributed by atoms with Gasteiger partial charge in [0.05, 0.1) is 6.67 Å². The minimum atomic E-state index is -0.186. The second-order valence-electron chi connectivity index (χ2n) is 7.35. The molecule has 1 N–H and O–H groups in total. The molecular weight excluding hydrogens is 277 g/mol. The summed E-state index contributed by atoms with van der Waals surface area (Å²) in [4.78, 5) is 2.63. The van der Waals surface area contributed by atoms with Crippen LogP contribution in [0.1, 0.15) is 50.7 Å². The molecule has 0 radical (unpaired) electrons. The number of phenolic OH excluding ortho intramolecular Hbond substituents is 1. The fraction of sp³-hybridized carbons (Fsp3) is 0.684. The zero-order valence-electron chi connectivity index (χ0n) is 13.8. The highest BCUT2D eigenvalue weighted by molar-refractivity contribution is 5.44. The van der Waals surface area contributed by atoms with Crippen molar-refractivity contribution < 1.29 is 9.50 Å². The highest BCUT2D eigenvalue weighted by Crippen LogP contribution is 2.49. The van der Waals surface area contributed by atoms with E-state index in [9.17, 15) is 9.50 Å². The van der Waals surface area contributed by atoms with Crippen LogP contribution in [0.5, 0.6) is 5.75 Å². The Balaban J connectivity index is 1.79. The fourth-order valence-corrected chi connectivity index (χ4v) is 4.56. The lowest BCUT2D eigenvalue weighted by molar-refractivity contribution is 0.0302. The molecule has 1 aliphatic carbocycles.